The standard InChI is InChI=1S/C16H17N3O5/c1-3-9-18-14(21)15(22)19(16(18)23)10-13(20)17-11-7-5-6-8-12(11)24-4-2/h3,5-8H,1,4,9-10H2,2H3,(H,17,20). The molecule has 1 aliphatic heterocycles. The van der Waals surface area contributed by atoms with E-state index in [-0.39, 0.29) is 6.54 Å². The van der Waals surface area contributed by atoms with Crippen LogP contribution in [0.2, 0.25) is 0 Å². The Hall–Kier alpha value is -3.16. The normalized spacial score (nSPS) is 14.1. The van der Waals surface area contributed by atoms with E-state index < -0.39 is 30.3 Å². The van der Waals surface area contributed by atoms with Crippen LogP contribution in [0.1, 0.15) is 6.92 Å². The van der Waals surface area contributed by atoms with Crippen molar-refractivity contribution in [3.05, 3.63) is 36.9 Å². The number of nitrogens with one attached hydrogen (secondary N) is 1. The van der Waals surface area contributed by atoms with E-state index >= 15 is 0 Å². The van der Waals surface area contributed by atoms with Crippen LogP contribution in [0.5, 0.6) is 5.75 Å². The summed E-state index contributed by atoms with van der Waals surface area (Å²) >= 11 is 0. The van der Waals surface area contributed by atoms with Gasteiger partial charge in [0.2, 0.25) is 5.91 Å². The number of para-hydroxylation sites is 2. The highest BCUT2D eigenvalue weighted by atomic mass is 16.5. The van der Waals surface area contributed by atoms with Crippen LogP contribution in [0.25, 0.3) is 0 Å². The molecule has 0 saturated carbocycles. The summed E-state index contributed by atoms with van der Waals surface area (Å²) in [6.45, 7) is 4.99. The van der Waals surface area contributed by atoms with Crippen LogP contribution in [0.4, 0.5) is 10.5 Å². The molecule has 0 aliphatic carbocycles. The van der Waals surface area contributed by atoms with Crippen molar-refractivity contribution in [1.82, 2.24) is 9.80 Å². The molecular weight excluding hydrogens is 314 g/mol. The van der Waals surface area contributed by atoms with Crippen molar-refractivity contribution in [3.8, 4) is 5.75 Å². The first kappa shape index (κ1) is 17.2. The molecule has 8 heteroatoms. The van der Waals surface area contributed by atoms with Gasteiger partial charge in [0.15, 0.2) is 0 Å². The van der Waals surface area contributed by atoms with E-state index in [1.165, 1.54) is 6.08 Å². The number of carbonyl (C=O) groups excluding carboxylic acids is 4. The third-order valence-electron chi connectivity index (χ3n) is 3.21. The summed E-state index contributed by atoms with van der Waals surface area (Å²) in [5.41, 5.74) is 0.415. The maximum Gasteiger partial charge on any atom is 0.335 e. The van der Waals surface area contributed by atoms with Crippen molar-refractivity contribution in [1.29, 1.82) is 0 Å². The average Bonchev–Trinajstić information content (AvgIpc) is 2.75. The Bertz CT molecular complexity index is 701. The molecule has 1 fully saturated rings. The van der Waals surface area contributed by atoms with Gasteiger partial charge in [-0.05, 0) is 19.1 Å². The van der Waals surface area contributed by atoms with Crippen LogP contribution in [-0.2, 0) is 14.4 Å². The molecule has 0 aromatic heterocycles. The number of anilines is 1. The minimum atomic E-state index is -1.03. The van der Waals surface area contributed by atoms with E-state index in [9.17, 15) is 19.2 Å². The Morgan fingerprint density at radius 1 is 1.21 bits per heavy atom. The predicted molar refractivity (Wildman–Crippen MR) is 85.3 cm³/mol. The third kappa shape index (κ3) is 3.43. The molecule has 126 valence electrons. The van der Waals surface area contributed by atoms with Crippen molar-refractivity contribution in [2.45, 2.75) is 6.92 Å². The van der Waals surface area contributed by atoms with E-state index in [1.54, 1.807) is 31.2 Å². The zero-order valence-electron chi connectivity index (χ0n) is 13.2. The number of urea groups is 1. The number of hydrogen-bond acceptors (Lipinski definition) is 5. The smallest absolute Gasteiger partial charge is 0.335 e. The van der Waals surface area contributed by atoms with E-state index in [0.29, 0.717) is 22.9 Å². The Balaban J connectivity index is 2.07. The molecule has 0 spiro atoms. The highest BCUT2D eigenvalue weighted by Crippen LogP contribution is 2.23. The number of amides is 5. The Kier molecular flexibility index (Phi) is 5.31. The van der Waals surface area contributed by atoms with Crippen molar-refractivity contribution in [3.63, 3.8) is 0 Å². The predicted octanol–water partition coefficient (Wildman–Crippen LogP) is 1.00. The summed E-state index contributed by atoms with van der Waals surface area (Å²) < 4.78 is 5.38. The molecule has 8 nitrogen and oxygen atoms in total. The van der Waals surface area contributed by atoms with Crippen LogP contribution in [0.15, 0.2) is 36.9 Å². The maximum absolute atomic E-state index is 12.1. The van der Waals surface area contributed by atoms with Crippen LogP contribution >= 0.6 is 0 Å². The lowest BCUT2D eigenvalue weighted by molar-refractivity contribution is -0.143. The lowest BCUT2D eigenvalue weighted by Gasteiger charge is -2.15. The molecule has 1 aliphatic rings. The lowest BCUT2D eigenvalue weighted by Crippen LogP contribution is -2.39. The number of benzene rings is 1. The number of carbonyl (C=O) groups is 4. The zero-order valence-corrected chi connectivity index (χ0v) is 13.2. The fraction of sp³-hybridized carbons (Fsp3) is 0.250. The van der Waals surface area contributed by atoms with Crippen molar-refractivity contribution < 1.29 is 23.9 Å². The SMILES string of the molecule is C=CCN1C(=O)C(=O)N(CC(=O)Nc2ccccc2OCC)C1=O. The molecular formula is C16H17N3O5. The lowest BCUT2D eigenvalue weighted by atomic mass is 10.3. The molecule has 0 unspecified atom stereocenters. The van der Waals surface area contributed by atoms with Crippen molar-refractivity contribution >= 4 is 29.4 Å². The minimum Gasteiger partial charge on any atom is -0.492 e. The summed E-state index contributed by atoms with van der Waals surface area (Å²) in [5.74, 6) is -2.15. The van der Waals surface area contributed by atoms with E-state index in [4.69, 9.17) is 4.74 Å². The van der Waals surface area contributed by atoms with Gasteiger partial charge in [0.1, 0.15) is 12.3 Å². The van der Waals surface area contributed by atoms with Crippen LogP contribution in [0.3, 0.4) is 0 Å². The first-order valence-corrected chi connectivity index (χ1v) is 7.29. The topological polar surface area (TPSA) is 96.0 Å². The van der Waals surface area contributed by atoms with Crippen molar-refractivity contribution in [2.24, 2.45) is 0 Å². The number of imide groups is 2. The molecule has 24 heavy (non-hydrogen) atoms. The number of ether oxygens (including phenoxy) is 1. The highest BCUT2D eigenvalue weighted by Gasteiger charge is 2.44. The Morgan fingerprint density at radius 3 is 2.54 bits per heavy atom. The molecule has 1 aromatic carbocycles. The number of rotatable bonds is 7. The van der Waals surface area contributed by atoms with Gasteiger partial charge < -0.3 is 10.1 Å². The van der Waals surface area contributed by atoms with Gasteiger partial charge in [-0.25, -0.2) is 9.69 Å². The van der Waals surface area contributed by atoms with Gasteiger partial charge in [-0.15, -0.1) is 6.58 Å². The average molecular weight is 331 g/mol. The van der Waals surface area contributed by atoms with Gasteiger partial charge in [0.05, 0.1) is 12.3 Å². The second-order valence-corrected chi connectivity index (χ2v) is 4.86. The number of hydrogen-bond donors (Lipinski definition) is 1. The highest BCUT2D eigenvalue weighted by molar-refractivity contribution is 6.45. The van der Waals surface area contributed by atoms with Crippen LogP contribution in [-0.4, -0.2) is 53.2 Å². The Morgan fingerprint density at radius 2 is 1.88 bits per heavy atom. The fourth-order valence-electron chi connectivity index (χ4n) is 2.16. The summed E-state index contributed by atoms with van der Waals surface area (Å²) in [6.07, 6.45) is 1.32. The maximum atomic E-state index is 12.1. The molecule has 0 atom stereocenters. The number of nitrogens with zero attached hydrogens (tertiary/aromatic N) is 2. The second-order valence-electron chi connectivity index (χ2n) is 4.86. The molecule has 1 aromatic rings. The van der Waals surface area contributed by atoms with E-state index in [2.05, 4.69) is 11.9 Å². The van der Waals surface area contributed by atoms with Gasteiger partial charge in [0.25, 0.3) is 0 Å². The molecule has 2 rings (SSSR count). The molecule has 1 heterocycles. The summed E-state index contributed by atoms with van der Waals surface area (Å²) in [4.78, 5) is 49.0. The van der Waals surface area contributed by atoms with Crippen LogP contribution < -0.4 is 10.1 Å². The fourth-order valence-corrected chi connectivity index (χ4v) is 2.16. The van der Waals surface area contributed by atoms with E-state index in [0.717, 1.165) is 4.90 Å². The van der Waals surface area contributed by atoms with Gasteiger partial charge in [-0.2, -0.15) is 0 Å². The molecule has 1 saturated heterocycles. The van der Waals surface area contributed by atoms with Gasteiger partial charge in [0, 0.05) is 6.54 Å². The molecule has 5 amide bonds. The summed E-state index contributed by atoms with van der Waals surface area (Å²) in [5, 5.41) is 2.56. The largest absolute Gasteiger partial charge is 0.492 e. The monoisotopic (exact) mass is 331 g/mol. The summed E-state index contributed by atoms with van der Waals surface area (Å²) in [6, 6.07) is 5.93. The molecule has 0 bridgehead atoms. The zero-order chi connectivity index (χ0) is 17.7. The first-order chi connectivity index (χ1) is 11.5. The van der Waals surface area contributed by atoms with Gasteiger partial charge >= 0.3 is 17.8 Å². The summed E-state index contributed by atoms with van der Waals surface area (Å²) in [7, 11) is 0. The molecule has 0 radical (unpaired) electrons. The van der Waals surface area contributed by atoms with Gasteiger partial charge in [-0.3, -0.25) is 19.3 Å². The van der Waals surface area contributed by atoms with Gasteiger partial charge in [-0.1, -0.05) is 18.2 Å². The first-order valence-electron chi connectivity index (χ1n) is 7.29. The third-order valence-corrected chi connectivity index (χ3v) is 3.21. The Labute approximate surface area is 138 Å². The second kappa shape index (κ2) is 7.40. The van der Waals surface area contributed by atoms with E-state index in [1.807, 2.05) is 0 Å². The quantitative estimate of drug-likeness (QED) is 0.457. The van der Waals surface area contributed by atoms with Crippen molar-refractivity contribution in [2.75, 3.05) is 25.0 Å². The van der Waals surface area contributed by atoms with Crippen LogP contribution in [0, 0.1) is 0 Å². The molecule has 1 N–H and O–H groups in total. The minimum absolute atomic E-state index is 0.0886.